The van der Waals surface area contributed by atoms with E-state index in [-0.39, 0.29) is 0 Å². The van der Waals surface area contributed by atoms with E-state index in [0.717, 1.165) is 17.1 Å². The van der Waals surface area contributed by atoms with Gasteiger partial charge >= 0.3 is 0 Å². The third kappa shape index (κ3) is 3.35. The molecule has 0 N–H and O–H groups in total. The van der Waals surface area contributed by atoms with E-state index in [9.17, 15) is 0 Å². The predicted molar refractivity (Wildman–Crippen MR) is 88.2 cm³/mol. The van der Waals surface area contributed by atoms with Crippen LogP contribution < -0.4 is 4.80 Å². The Balaban J connectivity index is 2.03. The summed E-state index contributed by atoms with van der Waals surface area (Å²) >= 11 is 13.4. The summed E-state index contributed by atoms with van der Waals surface area (Å²) in [6.45, 7) is 0. The van der Waals surface area contributed by atoms with Gasteiger partial charge in [-0.1, -0.05) is 29.3 Å². The van der Waals surface area contributed by atoms with E-state index >= 15 is 0 Å². The number of aryl methyl sites for hydroxylation is 1. The zero-order valence-corrected chi connectivity index (χ0v) is 13.5. The molecule has 0 aliphatic rings. The first kappa shape index (κ1) is 14.3. The van der Waals surface area contributed by atoms with Crippen molar-refractivity contribution < 1.29 is 0 Å². The molecular weight excluding hydrogens is 325 g/mol. The third-order valence-corrected chi connectivity index (χ3v) is 4.13. The summed E-state index contributed by atoms with van der Waals surface area (Å²) in [6, 6.07) is 15.0. The van der Waals surface area contributed by atoms with E-state index < -0.39 is 0 Å². The molecule has 0 aliphatic heterocycles. The van der Waals surface area contributed by atoms with Gasteiger partial charge in [0, 0.05) is 22.7 Å². The van der Waals surface area contributed by atoms with Gasteiger partial charge in [-0.25, -0.2) is 4.99 Å². The third-order valence-electron chi connectivity index (χ3n) is 2.85. The van der Waals surface area contributed by atoms with Gasteiger partial charge in [-0.3, -0.25) is 3.96 Å². The Bertz CT molecular complexity index is 835. The van der Waals surface area contributed by atoms with Crippen LogP contribution in [0.15, 0.2) is 53.5 Å². The number of aromatic nitrogens is 2. The van der Waals surface area contributed by atoms with Crippen molar-refractivity contribution in [2.24, 2.45) is 12.0 Å². The zero-order chi connectivity index (χ0) is 14.8. The van der Waals surface area contributed by atoms with E-state index in [2.05, 4.69) is 9.98 Å². The van der Waals surface area contributed by atoms with Crippen LogP contribution in [0.4, 0.5) is 5.69 Å². The molecule has 6 heteroatoms. The van der Waals surface area contributed by atoms with Crippen molar-refractivity contribution in [3.8, 4) is 11.4 Å². The first-order chi connectivity index (χ1) is 10.1. The van der Waals surface area contributed by atoms with Gasteiger partial charge in [0.05, 0.1) is 5.69 Å². The van der Waals surface area contributed by atoms with Crippen LogP contribution in [-0.2, 0) is 7.05 Å². The molecule has 3 aromatic rings. The molecule has 0 spiro atoms. The summed E-state index contributed by atoms with van der Waals surface area (Å²) in [4.78, 5) is 9.75. The maximum absolute atomic E-state index is 5.96. The molecule has 0 saturated heterocycles. The Morgan fingerprint density at radius 1 is 1.05 bits per heavy atom. The highest BCUT2D eigenvalue weighted by Crippen LogP contribution is 2.20. The van der Waals surface area contributed by atoms with Crippen molar-refractivity contribution in [3.63, 3.8) is 0 Å². The molecule has 1 heterocycles. The summed E-state index contributed by atoms with van der Waals surface area (Å²) < 4.78 is 1.98. The van der Waals surface area contributed by atoms with Crippen LogP contribution in [-0.4, -0.2) is 8.94 Å². The molecule has 0 bridgehead atoms. The molecule has 1 aromatic heterocycles. The lowest BCUT2D eigenvalue weighted by Crippen LogP contribution is -1.96. The van der Waals surface area contributed by atoms with E-state index in [1.807, 2.05) is 59.5 Å². The molecular formula is C15H11Cl2N3S. The first-order valence-corrected chi connectivity index (χ1v) is 7.75. The Morgan fingerprint density at radius 3 is 2.52 bits per heavy atom. The smallest absolute Gasteiger partial charge is 0.227 e. The summed E-state index contributed by atoms with van der Waals surface area (Å²) in [5.41, 5.74) is 1.80. The highest BCUT2D eigenvalue weighted by atomic mass is 35.5. The fourth-order valence-electron chi connectivity index (χ4n) is 1.89. The fraction of sp³-hybridized carbons (Fsp3) is 0.0667. The topological polar surface area (TPSA) is 30.2 Å². The number of nitrogens with zero attached hydrogens (tertiary/aromatic N) is 3. The lowest BCUT2D eigenvalue weighted by Gasteiger charge is -1.99. The summed E-state index contributed by atoms with van der Waals surface area (Å²) in [7, 11) is 1.96. The van der Waals surface area contributed by atoms with Gasteiger partial charge < -0.3 is 0 Å². The minimum Gasteiger partial charge on any atom is -0.281 e. The molecule has 0 unspecified atom stereocenters. The average molecular weight is 336 g/mol. The SMILES string of the molecule is Cn1sc(=Nc2cccc(Cl)c2)nc1-c1ccc(Cl)cc1. The molecule has 0 aliphatic carbocycles. The zero-order valence-electron chi connectivity index (χ0n) is 11.1. The van der Waals surface area contributed by atoms with E-state index in [0.29, 0.717) is 14.8 Å². The van der Waals surface area contributed by atoms with Crippen molar-refractivity contribution in [1.82, 2.24) is 8.94 Å². The molecule has 0 amide bonds. The summed E-state index contributed by atoms with van der Waals surface area (Å²) in [5.74, 6) is 0.859. The van der Waals surface area contributed by atoms with Gasteiger partial charge in [-0.15, -0.1) is 0 Å². The van der Waals surface area contributed by atoms with E-state index in [1.165, 1.54) is 11.5 Å². The van der Waals surface area contributed by atoms with Gasteiger partial charge in [0.25, 0.3) is 0 Å². The molecule has 3 nitrogen and oxygen atoms in total. The van der Waals surface area contributed by atoms with E-state index in [1.54, 1.807) is 0 Å². The Labute approximate surface area is 136 Å². The van der Waals surface area contributed by atoms with Gasteiger partial charge in [0.1, 0.15) is 0 Å². The van der Waals surface area contributed by atoms with Crippen molar-refractivity contribution in [3.05, 3.63) is 63.4 Å². The molecule has 21 heavy (non-hydrogen) atoms. The molecule has 0 fully saturated rings. The number of rotatable bonds is 2. The number of halogens is 2. The number of hydrogen-bond acceptors (Lipinski definition) is 3. The van der Waals surface area contributed by atoms with Crippen LogP contribution in [0, 0.1) is 0 Å². The lowest BCUT2D eigenvalue weighted by molar-refractivity contribution is 1.00. The Morgan fingerprint density at radius 2 is 1.81 bits per heavy atom. The van der Waals surface area contributed by atoms with Crippen LogP contribution in [0.3, 0.4) is 0 Å². The van der Waals surface area contributed by atoms with Crippen LogP contribution in [0.2, 0.25) is 10.0 Å². The average Bonchev–Trinajstić information content (AvgIpc) is 2.80. The monoisotopic (exact) mass is 335 g/mol. The quantitative estimate of drug-likeness (QED) is 0.668. The van der Waals surface area contributed by atoms with Crippen molar-refractivity contribution >= 4 is 40.4 Å². The van der Waals surface area contributed by atoms with Crippen LogP contribution in [0.5, 0.6) is 0 Å². The molecule has 2 aromatic carbocycles. The molecule has 3 rings (SSSR count). The normalized spacial score (nSPS) is 11.9. The molecule has 0 atom stereocenters. The van der Waals surface area contributed by atoms with Crippen LogP contribution in [0.1, 0.15) is 0 Å². The summed E-state index contributed by atoms with van der Waals surface area (Å²) in [6.07, 6.45) is 0. The summed E-state index contributed by atoms with van der Waals surface area (Å²) in [5, 5.41) is 1.37. The fourth-order valence-corrected chi connectivity index (χ4v) is 2.96. The molecule has 106 valence electrons. The second-order valence-corrected chi connectivity index (χ2v) is 6.37. The van der Waals surface area contributed by atoms with Crippen molar-refractivity contribution in [2.75, 3.05) is 0 Å². The lowest BCUT2D eigenvalue weighted by atomic mass is 10.2. The molecule has 0 saturated carbocycles. The second kappa shape index (κ2) is 6.02. The second-order valence-electron chi connectivity index (χ2n) is 4.41. The number of benzene rings is 2. The Hall–Kier alpha value is -1.62. The van der Waals surface area contributed by atoms with Crippen molar-refractivity contribution in [2.45, 2.75) is 0 Å². The van der Waals surface area contributed by atoms with Crippen molar-refractivity contribution in [1.29, 1.82) is 0 Å². The van der Waals surface area contributed by atoms with Crippen LogP contribution >= 0.6 is 34.7 Å². The maximum atomic E-state index is 5.96. The van der Waals surface area contributed by atoms with Gasteiger partial charge in [0.2, 0.25) is 4.80 Å². The largest absolute Gasteiger partial charge is 0.281 e. The highest BCUT2D eigenvalue weighted by Gasteiger charge is 2.06. The van der Waals surface area contributed by atoms with E-state index in [4.69, 9.17) is 23.2 Å². The van der Waals surface area contributed by atoms with Gasteiger partial charge in [0.15, 0.2) is 5.82 Å². The van der Waals surface area contributed by atoms with Crippen LogP contribution in [0.25, 0.3) is 11.4 Å². The van der Waals surface area contributed by atoms with Gasteiger partial charge in [-0.2, -0.15) is 4.98 Å². The molecule has 0 radical (unpaired) electrons. The predicted octanol–water partition coefficient (Wildman–Crippen LogP) is 4.69. The highest BCUT2D eigenvalue weighted by molar-refractivity contribution is 7.03. The first-order valence-electron chi connectivity index (χ1n) is 6.22. The van der Waals surface area contributed by atoms with Gasteiger partial charge in [-0.05, 0) is 54.0 Å². The minimum absolute atomic E-state index is 0.662. The standard InChI is InChI=1S/C15H11Cl2N3S/c1-20-14(10-5-7-11(16)8-6-10)19-15(21-20)18-13-4-2-3-12(17)9-13/h2-9H,1H3. The Kier molecular flexibility index (Phi) is 4.10. The number of hydrogen-bond donors (Lipinski definition) is 0. The minimum atomic E-state index is 0.662. The maximum Gasteiger partial charge on any atom is 0.227 e.